The lowest BCUT2D eigenvalue weighted by Gasteiger charge is -2.41. The molecule has 2 rings (SSSR count). The van der Waals surface area contributed by atoms with E-state index in [-0.39, 0.29) is 6.04 Å². The summed E-state index contributed by atoms with van der Waals surface area (Å²) in [6.45, 7) is 5.84. The lowest BCUT2D eigenvalue weighted by atomic mass is 9.87. The maximum atomic E-state index is 12.5. The maximum absolute atomic E-state index is 12.5. The van der Waals surface area contributed by atoms with E-state index >= 15 is 0 Å². The first-order valence-corrected chi connectivity index (χ1v) is 6.95. The first kappa shape index (κ1) is 15.3. The van der Waals surface area contributed by atoms with Crippen LogP contribution in [0, 0.1) is 5.92 Å². The minimum absolute atomic E-state index is 0.217. The number of nitrogens with two attached hydrogens (primary N) is 1. The predicted octanol–water partition coefficient (Wildman–Crippen LogP) is 3.26. The van der Waals surface area contributed by atoms with Crippen LogP contribution in [0.2, 0.25) is 0 Å². The molecule has 0 aliphatic carbocycles. The van der Waals surface area contributed by atoms with Gasteiger partial charge in [0.15, 0.2) is 0 Å². The van der Waals surface area contributed by atoms with E-state index < -0.39 is 11.7 Å². The van der Waals surface area contributed by atoms with E-state index in [4.69, 9.17) is 5.73 Å². The second-order valence-corrected chi connectivity index (χ2v) is 5.72. The summed E-state index contributed by atoms with van der Waals surface area (Å²) in [6.07, 6.45) is -3.33. The van der Waals surface area contributed by atoms with Crippen molar-refractivity contribution in [3.05, 3.63) is 35.4 Å². The molecule has 2 N–H and O–H groups in total. The van der Waals surface area contributed by atoms with Crippen LogP contribution >= 0.6 is 0 Å². The molecule has 1 aliphatic rings. The van der Waals surface area contributed by atoms with Crippen LogP contribution in [-0.2, 0) is 12.7 Å². The highest BCUT2D eigenvalue weighted by atomic mass is 19.4. The molecule has 3 unspecified atom stereocenters. The summed E-state index contributed by atoms with van der Waals surface area (Å²) in [6, 6.07) is 6.00. The average molecular weight is 286 g/mol. The van der Waals surface area contributed by atoms with Crippen LogP contribution < -0.4 is 5.73 Å². The number of piperidine rings is 1. The normalized spacial score (nSPS) is 28.6. The van der Waals surface area contributed by atoms with Gasteiger partial charge in [0.1, 0.15) is 0 Å². The third-order valence-electron chi connectivity index (χ3n) is 4.43. The Hall–Kier alpha value is -1.07. The zero-order chi connectivity index (χ0) is 14.9. The van der Waals surface area contributed by atoms with Crippen LogP contribution in [0.25, 0.3) is 0 Å². The molecule has 0 aromatic heterocycles. The monoisotopic (exact) mass is 286 g/mol. The van der Waals surface area contributed by atoms with E-state index in [1.165, 1.54) is 0 Å². The fourth-order valence-electron chi connectivity index (χ4n) is 2.73. The molecular weight excluding hydrogens is 265 g/mol. The Morgan fingerprint density at radius 3 is 2.35 bits per heavy atom. The number of alkyl halides is 3. The average Bonchev–Trinajstić information content (AvgIpc) is 2.39. The number of likely N-dealkylation sites (tertiary alicyclic amines) is 1. The summed E-state index contributed by atoms with van der Waals surface area (Å²) in [7, 11) is 0. The van der Waals surface area contributed by atoms with Crippen molar-refractivity contribution in [2.24, 2.45) is 11.7 Å². The topological polar surface area (TPSA) is 29.3 Å². The van der Waals surface area contributed by atoms with Gasteiger partial charge in [-0.05, 0) is 37.0 Å². The third kappa shape index (κ3) is 3.33. The van der Waals surface area contributed by atoms with Gasteiger partial charge in [0, 0.05) is 25.2 Å². The molecule has 5 heteroatoms. The predicted molar refractivity (Wildman–Crippen MR) is 73.1 cm³/mol. The highest BCUT2D eigenvalue weighted by Crippen LogP contribution is 2.30. The van der Waals surface area contributed by atoms with E-state index in [1.807, 2.05) is 0 Å². The molecule has 1 aromatic rings. The molecule has 0 spiro atoms. The van der Waals surface area contributed by atoms with Crippen molar-refractivity contribution < 1.29 is 13.2 Å². The molecule has 1 heterocycles. The van der Waals surface area contributed by atoms with E-state index in [2.05, 4.69) is 18.7 Å². The Labute approximate surface area is 117 Å². The van der Waals surface area contributed by atoms with Gasteiger partial charge in [-0.3, -0.25) is 4.90 Å². The summed E-state index contributed by atoms with van der Waals surface area (Å²) in [5.74, 6) is 0.401. The van der Waals surface area contributed by atoms with Crippen LogP contribution in [0.5, 0.6) is 0 Å². The summed E-state index contributed by atoms with van der Waals surface area (Å²) in [5, 5.41) is 0. The Morgan fingerprint density at radius 2 is 1.80 bits per heavy atom. The number of benzene rings is 1. The Bertz CT molecular complexity index is 441. The van der Waals surface area contributed by atoms with Crippen molar-refractivity contribution in [1.29, 1.82) is 0 Å². The van der Waals surface area contributed by atoms with Gasteiger partial charge in [-0.25, -0.2) is 0 Å². The largest absolute Gasteiger partial charge is 0.416 e. The van der Waals surface area contributed by atoms with E-state index in [1.54, 1.807) is 12.1 Å². The first-order chi connectivity index (χ1) is 9.29. The molecule has 1 fully saturated rings. The third-order valence-corrected chi connectivity index (χ3v) is 4.43. The van der Waals surface area contributed by atoms with Crippen molar-refractivity contribution in [3.8, 4) is 0 Å². The minimum Gasteiger partial charge on any atom is -0.327 e. The Morgan fingerprint density at radius 1 is 1.20 bits per heavy atom. The van der Waals surface area contributed by atoms with Gasteiger partial charge in [-0.15, -0.1) is 0 Å². The van der Waals surface area contributed by atoms with Crippen LogP contribution in [0.1, 0.15) is 31.4 Å². The molecule has 0 saturated carbocycles. The molecule has 0 amide bonds. The molecule has 0 radical (unpaired) electrons. The molecule has 20 heavy (non-hydrogen) atoms. The Kier molecular flexibility index (Phi) is 4.39. The highest BCUT2D eigenvalue weighted by Gasteiger charge is 2.31. The van der Waals surface area contributed by atoms with Crippen molar-refractivity contribution in [2.75, 3.05) is 6.54 Å². The van der Waals surface area contributed by atoms with E-state index in [9.17, 15) is 13.2 Å². The van der Waals surface area contributed by atoms with Crippen molar-refractivity contribution >= 4 is 0 Å². The fraction of sp³-hybridized carbons (Fsp3) is 0.600. The molecule has 3 atom stereocenters. The number of halogens is 3. The second-order valence-electron chi connectivity index (χ2n) is 5.72. The van der Waals surface area contributed by atoms with Gasteiger partial charge in [0.05, 0.1) is 5.56 Å². The Balaban J connectivity index is 2.03. The number of rotatable bonds is 2. The standard InChI is InChI=1S/C15H21F3N2/c1-10-11(2)20(8-7-14(10)19)9-12-3-5-13(6-4-12)15(16,17)18/h3-6,10-11,14H,7-9,19H2,1-2H3. The van der Waals surface area contributed by atoms with Gasteiger partial charge in [0.2, 0.25) is 0 Å². The van der Waals surface area contributed by atoms with Crippen molar-refractivity contribution in [2.45, 2.75) is 45.1 Å². The van der Waals surface area contributed by atoms with Crippen LogP contribution in [-0.4, -0.2) is 23.5 Å². The lowest BCUT2D eigenvalue weighted by molar-refractivity contribution is -0.137. The first-order valence-electron chi connectivity index (χ1n) is 6.95. The molecule has 1 saturated heterocycles. The smallest absolute Gasteiger partial charge is 0.327 e. The van der Waals surface area contributed by atoms with Gasteiger partial charge < -0.3 is 5.73 Å². The molecule has 112 valence electrons. The summed E-state index contributed by atoms with van der Waals surface area (Å²) >= 11 is 0. The zero-order valence-corrected chi connectivity index (χ0v) is 11.8. The van der Waals surface area contributed by atoms with E-state index in [0.29, 0.717) is 18.5 Å². The van der Waals surface area contributed by atoms with Crippen molar-refractivity contribution in [1.82, 2.24) is 4.90 Å². The maximum Gasteiger partial charge on any atom is 0.416 e. The van der Waals surface area contributed by atoms with Crippen LogP contribution in [0.15, 0.2) is 24.3 Å². The van der Waals surface area contributed by atoms with Crippen LogP contribution in [0.4, 0.5) is 13.2 Å². The van der Waals surface area contributed by atoms with Gasteiger partial charge in [-0.2, -0.15) is 13.2 Å². The lowest BCUT2D eigenvalue weighted by Crippen LogP contribution is -2.51. The summed E-state index contributed by atoms with van der Waals surface area (Å²) in [4.78, 5) is 2.29. The zero-order valence-electron chi connectivity index (χ0n) is 11.8. The van der Waals surface area contributed by atoms with Gasteiger partial charge in [-0.1, -0.05) is 19.1 Å². The molecule has 1 aromatic carbocycles. The summed E-state index contributed by atoms with van der Waals surface area (Å²) < 4.78 is 37.5. The minimum atomic E-state index is -4.27. The number of nitrogens with zero attached hydrogens (tertiary/aromatic N) is 1. The van der Waals surface area contributed by atoms with Gasteiger partial charge in [0.25, 0.3) is 0 Å². The SMILES string of the molecule is CC1C(N)CCN(Cc2ccc(C(F)(F)F)cc2)C1C. The second kappa shape index (κ2) is 5.74. The molecule has 0 bridgehead atoms. The fourth-order valence-corrected chi connectivity index (χ4v) is 2.73. The molecular formula is C15H21F3N2. The highest BCUT2D eigenvalue weighted by molar-refractivity contribution is 5.24. The van der Waals surface area contributed by atoms with Crippen LogP contribution in [0.3, 0.4) is 0 Å². The molecule has 1 aliphatic heterocycles. The van der Waals surface area contributed by atoms with Crippen molar-refractivity contribution in [3.63, 3.8) is 0 Å². The number of hydrogen-bond acceptors (Lipinski definition) is 2. The quantitative estimate of drug-likeness (QED) is 0.904. The van der Waals surface area contributed by atoms with E-state index in [0.717, 1.165) is 30.7 Å². The number of hydrogen-bond donors (Lipinski definition) is 1. The molecule has 2 nitrogen and oxygen atoms in total. The summed E-state index contributed by atoms with van der Waals surface area (Å²) in [5.41, 5.74) is 6.36. The van der Waals surface area contributed by atoms with Gasteiger partial charge >= 0.3 is 6.18 Å².